The highest BCUT2D eigenvalue weighted by Gasteiger charge is 2.10. The molecule has 1 aromatic heterocycles. The van der Waals surface area contributed by atoms with E-state index in [2.05, 4.69) is 6.92 Å². The van der Waals surface area contributed by atoms with Gasteiger partial charge in [-0.3, -0.25) is 0 Å². The lowest BCUT2D eigenvalue weighted by Crippen LogP contribution is -1.97. The number of aromatic nitrogens is 2. The minimum Gasteiger partial charge on any atom is -0.494 e. The van der Waals surface area contributed by atoms with Gasteiger partial charge in [0.2, 0.25) is 0 Å². The van der Waals surface area contributed by atoms with E-state index >= 15 is 0 Å². The Labute approximate surface area is 206 Å². The summed E-state index contributed by atoms with van der Waals surface area (Å²) < 4.78 is 7.73. The molecule has 0 radical (unpaired) electrons. The van der Waals surface area contributed by atoms with Crippen LogP contribution in [0.3, 0.4) is 0 Å². The summed E-state index contributed by atoms with van der Waals surface area (Å²) in [6.45, 7) is 3.00. The number of nitrogens with zero attached hydrogens (tertiary/aromatic N) is 3. The van der Waals surface area contributed by atoms with Crippen LogP contribution in [0.5, 0.6) is 5.75 Å². The number of rotatable bonds is 11. The van der Waals surface area contributed by atoms with E-state index in [1.54, 1.807) is 0 Å². The summed E-state index contributed by atoms with van der Waals surface area (Å²) in [5, 5.41) is 5.51. The number of unbranched alkanes of at least 4 members (excludes halogenated alkanes) is 4. The van der Waals surface area contributed by atoms with Crippen molar-refractivity contribution < 1.29 is 4.74 Å². The molecule has 5 heteroatoms. The molecule has 34 heavy (non-hydrogen) atoms. The maximum Gasteiger partial charge on any atom is 0.156 e. The highest BCUT2D eigenvalue weighted by molar-refractivity contribution is 6.30. The molecule has 4 aromatic rings. The van der Waals surface area contributed by atoms with Crippen LogP contribution in [0, 0.1) is 0 Å². The van der Waals surface area contributed by atoms with Crippen molar-refractivity contribution in [2.45, 2.75) is 39.0 Å². The number of hydrogen-bond donors (Lipinski definition) is 0. The second-order valence-corrected chi connectivity index (χ2v) is 8.67. The predicted octanol–water partition coefficient (Wildman–Crippen LogP) is 8.29. The molecule has 3 aromatic carbocycles. The Morgan fingerprint density at radius 3 is 2.35 bits per heavy atom. The number of ether oxygens (including phenoxy) is 1. The van der Waals surface area contributed by atoms with Gasteiger partial charge in [0, 0.05) is 22.9 Å². The molecule has 174 valence electrons. The maximum atomic E-state index is 6.06. The molecule has 0 aliphatic heterocycles. The molecular formula is C29H30ClN3O. The summed E-state index contributed by atoms with van der Waals surface area (Å²) in [5.41, 5.74) is 3.80. The largest absolute Gasteiger partial charge is 0.494 e. The van der Waals surface area contributed by atoms with Crippen molar-refractivity contribution in [2.24, 2.45) is 4.99 Å². The zero-order valence-corrected chi connectivity index (χ0v) is 20.3. The van der Waals surface area contributed by atoms with Crippen molar-refractivity contribution in [3.8, 4) is 22.7 Å². The summed E-state index contributed by atoms with van der Waals surface area (Å²) >= 11 is 6.06. The zero-order chi connectivity index (χ0) is 23.6. The smallest absolute Gasteiger partial charge is 0.156 e. The molecule has 0 bridgehead atoms. The number of halogens is 1. The van der Waals surface area contributed by atoms with E-state index in [9.17, 15) is 0 Å². The third kappa shape index (κ3) is 6.58. The lowest BCUT2D eigenvalue weighted by molar-refractivity contribution is 0.304. The van der Waals surface area contributed by atoms with E-state index in [1.165, 1.54) is 25.7 Å². The monoisotopic (exact) mass is 471 g/mol. The lowest BCUT2D eigenvalue weighted by atomic mass is 10.1. The van der Waals surface area contributed by atoms with Crippen LogP contribution >= 0.6 is 11.6 Å². The molecule has 0 aliphatic carbocycles. The van der Waals surface area contributed by atoms with E-state index in [-0.39, 0.29) is 0 Å². The van der Waals surface area contributed by atoms with Crippen LogP contribution in [0.15, 0.2) is 89.9 Å². The van der Waals surface area contributed by atoms with E-state index in [4.69, 9.17) is 26.4 Å². The molecule has 0 atom stereocenters. The molecular weight excluding hydrogens is 442 g/mol. The predicted molar refractivity (Wildman–Crippen MR) is 142 cm³/mol. The van der Waals surface area contributed by atoms with E-state index < -0.39 is 0 Å². The average molecular weight is 472 g/mol. The fraction of sp³-hybridized carbons (Fsp3) is 0.241. The Kier molecular flexibility index (Phi) is 8.53. The van der Waals surface area contributed by atoms with Crippen LogP contribution in [-0.2, 0) is 0 Å². The molecule has 0 unspecified atom stereocenters. The first-order valence-electron chi connectivity index (χ1n) is 11.9. The fourth-order valence-corrected chi connectivity index (χ4v) is 3.80. The summed E-state index contributed by atoms with van der Waals surface area (Å²) in [6, 6.07) is 27.7. The van der Waals surface area contributed by atoms with Crippen molar-refractivity contribution >= 4 is 23.6 Å². The van der Waals surface area contributed by atoms with Gasteiger partial charge in [-0.25, -0.2) is 9.67 Å². The van der Waals surface area contributed by atoms with Crippen molar-refractivity contribution in [1.82, 2.24) is 9.78 Å². The normalized spacial score (nSPS) is 11.2. The topological polar surface area (TPSA) is 39.4 Å². The molecule has 0 aliphatic rings. The SMILES string of the molecule is CCCCCCCOc1ccc(C=Nc2cc(-c3ccc(Cl)cc3)nn2-c2ccccc2)cc1. The summed E-state index contributed by atoms with van der Waals surface area (Å²) in [4.78, 5) is 4.76. The van der Waals surface area contributed by atoms with E-state index in [0.29, 0.717) is 5.02 Å². The maximum absolute atomic E-state index is 6.06. The van der Waals surface area contributed by atoms with Crippen LogP contribution < -0.4 is 4.74 Å². The van der Waals surface area contributed by atoms with Gasteiger partial charge in [-0.15, -0.1) is 0 Å². The number of para-hydroxylation sites is 1. The quantitative estimate of drug-likeness (QED) is 0.163. The van der Waals surface area contributed by atoms with Gasteiger partial charge in [-0.05, 0) is 60.5 Å². The van der Waals surface area contributed by atoms with Crippen LogP contribution in [0.1, 0.15) is 44.6 Å². The summed E-state index contributed by atoms with van der Waals surface area (Å²) in [5.74, 6) is 1.65. The van der Waals surface area contributed by atoms with E-state index in [0.717, 1.165) is 47.1 Å². The Bertz CT molecular complexity index is 1180. The molecule has 0 spiro atoms. The Balaban J connectivity index is 1.48. The number of aliphatic imine (C=N–C) groups is 1. The second-order valence-electron chi connectivity index (χ2n) is 8.23. The van der Waals surface area contributed by atoms with Crippen molar-refractivity contribution in [3.63, 3.8) is 0 Å². The Morgan fingerprint density at radius 2 is 1.62 bits per heavy atom. The van der Waals surface area contributed by atoms with Gasteiger partial charge in [0.05, 0.1) is 18.0 Å². The van der Waals surface area contributed by atoms with Gasteiger partial charge >= 0.3 is 0 Å². The van der Waals surface area contributed by atoms with Gasteiger partial charge in [0.25, 0.3) is 0 Å². The Morgan fingerprint density at radius 1 is 0.882 bits per heavy atom. The summed E-state index contributed by atoms with van der Waals surface area (Å²) in [6.07, 6.45) is 8.04. The van der Waals surface area contributed by atoms with Gasteiger partial charge in [-0.1, -0.05) is 74.5 Å². The molecule has 4 rings (SSSR count). The van der Waals surface area contributed by atoms with E-state index in [1.807, 2.05) is 95.8 Å². The van der Waals surface area contributed by atoms with Crippen LogP contribution in [0.25, 0.3) is 16.9 Å². The minimum atomic E-state index is 0.702. The van der Waals surface area contributed by atoms with Gasteiger partial charge < -0.3 is 4.74 Å². The minimum absolute atomic E-state index is 0.702. The molecule has 1 heterocycles. The van der Waals surface area contributed by atoms with Gasteiger partial charge in [0.1, 0.15) is 5.75 Å². The van der Waals surface area contributed by atoms with Gasteiger partial charge in [-0.2, -0.15) is 5.10 Å². The lowest BCUT2D eigenvalue weighted by Gasteiger charge is -2.06. The van der Waals surface area contributed by atoms with Crippen LogP contribution in [0.2, 0.25) is 5.02 Å². The first kappa shape index (κ1) is 23.8. The molecule has 0 amide bonds. The van der Waals surface area contributed by atoms with Crippen molar-refractivity contribution in [3.05, 3.63) is 95.5 Å². The highest BCUT2D eigenvalue weighted by Crippen LogP contribution is 2.27. The molecule has 4 nitrogen and oxygen atoms in total. The standard InChI is InChI=1S/C29H30ClN3O/c1-2-3-4-5-9-20-34-27-18-12-23(13-19-27)22-31-29-21-28(24-14-16-25(30)17-15-24)32-33(29)26-10-7-6-8-11-26/h6-8,10-19,21-22H,2-5,9,20H2,1H3. The van der Waals surface area contributed by atoms with Crippen molar-refractivity contribution in [1.29, 1.82) is 0 Å². The summed E-state index contributed by atoms with van der Waals surface area (Å²) in [7, 11) is 0. The zero-order valence-electron chi connectivity index (χ0n) is 19.5. The fourth-order valence-electron chi connectivity index (χ4n) is 3.67. The Hall–Kier alpha value is -3.37. The first-order chi connectivity index (χ1) is 16.7. The second kappa shape index (κ2) is 12.2. The van der Waals surface area contributed by atoms with Crippen LogP contribution in [0.4, 0.5) is 5.82 Å². The first-order valence-corrected chi connectivity index (χ1v) is 12.3. The number of benzene rings is 3. The van der Waals surface area contributed by atoms with Gasteiger partial charge in [0.15, 0.2) is 5.82 Å². The van der Waals surface area contributed by atoms with Crippen LogP contribution in [-0.4, -0.2) is 22.6 Å². The third-order valence-electron chi connectivity index (χ3n) is 5.57. The molecule has 0 saturated carbocycles. The average Bonchev–Trinajstić information content (AvgIpc) is 3.31. The van der Waals surface area contributed by atoms with Crippen molar-refractivity contribution in [2.75, 3.05) is 6.61 Å². The molecule has 0 fully saturated rings. The molecule has 0 saturated heterocycles. The third-order valence-corrected chi connectivity index (χ3v) is 5.83. The molecule has 0 N–H and O–H groups in total. The highest BCUT2D eigenvalue weighted by atomic mass is 35.5. The number of hydrogen-bond acceptors (Lipinski definition) is 3.